The minimum Gasteiger partial charge on any atom is -0.493 e. The predicted octanol–water partition coefficient (Wildman–Crippen LogP) is 8.96. The molecule has 0 spiro atoms. The Hall–Kier alpha value is -5.59. The van der Waals surface area contributed by atoms with Crippen molar-refractivity contribution in [3.05, 3.63) is 140 Å². The monoisotopic (exact) mass is 792 g/mol. The molecule has 232 valence electrons. The molecule has 0 atom stereocenters. The summed E-state index contributed by atoms with van der Waals surface area (Å²) >= 11 is 0. The Morgan fingerprint density at radius 2 is 1.47 bits per heavy atom. The van der Waals surface area contributed by atoms with Crippen molar-refractivity contribution in [3.8, 4) is 28.8 Å². The third-order valence-corrected chi connectivity index (χ3v) is 8.07. The van der Waals surface area contributed by atoms with Gasteiger partial charge in [-0.05, 0) is 54.9 Å². The van der Waals surface area contributed by atoms with Gasteiger partial charge in [-0.15, -0.1) is 42.4 Å². The van der Waals surface area contributed by atoms with Gasteiger partial charge in [-0.1, -0.05) is 65.0 Å². The van der Waals surface area contributed by atoms with Crippen LogP contribution >= 0.6 is 0 Å². The Kier molecular flexibility index (Phi) is 7.15. The molecule has 0 aliphatic carbocycles. The van der Waals surface area contributed by atoms with Crippen LogP contribution in [0.4, 0.5) is 22.7 Å². The molecule has 0 N–H and O–H groups in total. The molecule has 0 bridgehead atoms. The molecule has 9 rings (SSSR count). The van der Waals surface area contributed by atoms with Crippen molar-refractivity contribution >= 4 is 50.9 Å². The third kappa shape index (κ3) is 4.89. The SMILES string of the molecule is CN1C=NN(c2[c-]c(N(c3[c-]c4c(cc3)c3ccccc3n4-c3ccccn3)c3cccc4c3Oc3ccccc3O4)ccc2)[CH-]1.[Pt]. The van der Waals surface area contributed by atoms with Gasteiger partial charge >= 0.3 is 0 Å². The van der Waals surface area contributed by atoms with Crippen LogP contribution in [0.25, 0.3) is 27.6 Å². The van der Waals surface area contributed by atoms with Crippen molar-refractivity contribution in [1.82, 2.24) is 14.5 Å². The fourth-order valence-electron chi connectivity index (χ4n) is 6.04. The van der Waals surface area contributed by atoms with Crippen molar-refractivity contribution in [2.45, 2.75) is 0 Å². The van der Waals surface area contributed by atoms with E-state index in [-0.39, 0.29) is 21.1 Å². The van der Waals surface area contributed by atoms with E-state index in [1.807, 2.05) is 104 Å². The Labute approximate surface area is 286 Å². The zero-order valence-corrected chi connectivity index (χ0v) is 27.3. The first-order chi connectivity index (χ1) is 22.7. The number of ether oxygens (including phenoxy) is 2. The number of hydrazone groups is 1. The van der Waals surface area contributed by atoms with Crippen LogP contribution in [0.2, 0.25) is 0 Å². The summed E-state index contributed by atoms with van der Waals surface area (Å²) in [6, 6.07) is 45.5. The van der Waals surface area contributed by atoms with E-state index in [4.69, 9.17) is 14.5 Å². The number of nitrogens with zero attached hydrogens (tertiary/aromatic N) is 6. The molecule has 7 aromatic rings. The second-order valence-corrected chi connectivity index (χ2v) is 11.0. The molecule has 2 aromatic heterocycles. The van der Waals surface area contributed by atoms with Gasteiger partial charge in [0.15, 0.2) is 23.0 Å². The zero-order valence-electron chi connectivity index (χ0n) is 25.0. The molecule has 5 aromatic carbocycles. The number of para-hydroxylation sites is 4. The molecular formula is C38H25N6O2Pt-3. The van der Waals surface area contributed by atoms with Crippen molar-refractivity contribution in [2.75, 3.05) is 17.0 Å². The fourth-order valence-corrected chi connectivity index (χ4v) is 6.04. The van der Waals surface area contributed by atoms with Gasteiger partial charge in [0.2, 0.25) is 0 Å². The molecule has 8 nitrogen and oxygen atoms in total. The van der Waals surface area contributed by atoms with Crippen LogP contribution in [0, 0.1) is 18.8 Å². The Morgan fingerprint density at radius 1 is 0.702 bits per heavy atom. The maximum Gasteiger partial charge on any atom is 0.193 e. The van der Waals surface area contributed by atoms with Crippen molar-refractivity contribution < 1.29 is 30.5 Å². The van der Waals surface area contributed by atoms with E-state index in [1.165, 1.54) is 0 Å². The molecule has 0 unspecified atom stereocenters. The molecule has 0 amide bonds. The molecule has 2 aliphatic heterocycles. The summed E-state index contributed by atoms with van der Waals surface area (Å²) in [7, 11) is 1.94. The van der Waals surface area contributed by atoms with Gasteiger partial charge < -0.3 is 28.8 Å². The number of anilines is 4. The van der Waals surface area contributed by atoms with E-state index >= 15 is 0 Å². The molecule has 0 radical (unpaired) electrons. The van der Waals surface area contributed by atoms with Crippen molar-refractivity contribution in [3.63, 3.8) is 0 Å². The topological polar surface area (TPSA) is 58.4 Å². The average molecular weight is 793 g/mol. The molecular weight excluding hydrogens is 768 g/mol. The van der Waals surface area contributed by atoms with Crippen LogP contribution in [0.15, 0.2) is 127 Å². The van der Waals surface area contributed by atoms with Gasteiger partial charge in [0, 0.05) is 32.8 Å². The molecule has 47 heavy (non-hydrogen) atoms. The summed E-state index contributed by atoms with van der Waals surface area (Å²) in [6.07, 6.45) is 3.57. The fraction of sp³-hybridized carbons (Fsp3) is 0.0263. The van der Waals surface area contributed by atoms with E-state index in [0.29, 0.717) is 23.0 Å². The summed E-state index contributed by atoms with van der Waals surface area (Å²) in [5.41, 5.74) is 5.11. The van der Waals surface area contributed by atoms with Crippen LogP contribution in [0.3, 0.4) is 0 Å². The molecule has 4 heterocycles. The molecule has 9 heteroatoms. The minimum atomic E-state index is 0. The molecule has 2 aliphatic rings. The number of rotatable bonds is 5. The zero-order chi connectivity index (χ0) is 30.6. The van der Waals surface area contributed by atoms with Gasteiger partial charge in [0.05, 0.1) is 12.0 Å². The minimum absolute atomic E-state index is 0. The van der Waals surface area contributed by atoms with E-state index in [0.717, 1.165) is 50.4 Å². The van der Waals surface area contributed by atoms with Crippen LogP contribution < -0.4 is 19.4 Å². The number of pyridine rings is 1. The summed E-state index contributed by atoms with van der Waals surface area (Å²) in [4.78, 5) is 8.71. The van der Waals surface area contributed by atoms with Gasteiger partial charge in [0.25, 0.3) is 0 Å². The number of aromatic nitrogens is 2. The van der Waals surface area contributed by atoms with Crippen LogP contribution in [-0.2, 0) is 21.1 Å². The van der Waals surface area contributed by atoms with Gasteiger partial charge in [-0.2, -0.15) is 17.2 Å². The maximum atomic E-state index is 6.55. The normalized spacial score (nSPS) is 13.1. The van der Waals surface area contributed by atoms with Crippen molar-refractivity contribution in [1.29, 1.82) is 0 Å². The number of benzene rings is 5. The number of hydrogen-bond acceptors (Lipinski definition) is 7. The van der Waals surface area contributed by atoms with Gasteiger partial charge in [-0.25, -0.2) is 4.98 Å². The summed E-state index contributed by atoms with van der Waals surface area (Å²) in [5, 5.41) is 8.51. The van der Waals surface area contributed by atoms with Gasteiger partial charge in [-0.3, -0.25) is 0 Å². The summed E-state index contributed by atoms with van der Waals surface area (Å²) in [5.74, 6) is 3.37. The summed E-state index contributed by atoms with van der Waals surface area (Å²) < 4.78 is 15.0. The third-order valence-electron chi connectivity index (χ3n) is 8.07. The average Bonchev–Trinajstić information content (AvgIpc) is 3.69. The second-order valence-electron chi connectivity index (χ2n) is 11.0. The molecule has 0 saturated carbocycles. The van der Waals surface area contributed by atoms with E-state index < -0.39 is 0 Å². The smallest absolute Gasteiger partial charge is 0.193 e. The van der Waals surface area contributed by atoms with Crippen LogP contribution in [-0.4, -0.2) is 27.8 Å². The predicted molar refractivity (Wildman–Crippen MR) is 181 cm³/mol. The number of hydrogen-bond donors (Lipinski definition) is 0. The summed E-state index contributed by atoms with van der Waals surface area (Å²) in [6.45, 7) is 1.90. The van der Waals surface area contributed by atoms with Crippen LogP contribution in [0.1, 0.15) is 0 Å². The number of fused-ring (bicyclic) bond motifs is 5. The Morgan fingerprint density at radius 3 is 2.30 bits per heavy atom. The van der Waals surface area contributed by atoms with Crippen LogP contribution in [0.5, 0.6) is 23.0 Å². The quantitative estimate of drug-likeness (QED) is 0.162. The van der Waals surface area contributed by atoms with Crippen molar-refractivity contribution in [2.24, 2.45) is 5.10 Å². The first kappa shape index (κ1) is 28.9. The molecule has 0 saturated heterocycles. The standard InChI is InChI=1S/C38H25N6O2.Pt/c1-41-24-40-42(25-41)26-10-8-11-27(22-26)43(32-14-9-17-36-38(32)46-35-16-5-4-15-34(35)45-36)28-19-20-30-29-12-2-3-13-31(29)44(33(30)23-28)37-18-6-7-21-39-37;/h2-21,24-25H,1H3;/q-3;. The van der Waals surface area contributed by atoms with E-state index in [1.54, 1.807) is 11.3 Å². The second kappa shape index (κ2) is 11.6. The Bertz CT molecular complexity index is 2300. The van der Waals surface area contributed by atoms with E-state index in [9.17, 15) is 0 Å². The van der Waals surface area contributed by atoms with E-state index in [2.05, 4.69) is 63.1 Å². The Balaban J connectivity index is 0.00000324. The largest absolute Gasteiger partial charge is 0.493 e. The molecule has 0 fully saturated rings. The maximum absolute atomic E-state index is 6.55. The first-order valence-electron chi connectivity index (χ1n) is 14.9. The first-order valence-corrected chi connectivity index (χ1v) is 14.9. The van der Waals surface area contributed by atoms with Gasteiger partial charge in [0.1, 0.15) is 5.82 Å².